The van der Waals surface area contributed by atoms with Gasteiger partial charge in [-0.05, 0) is 50.5 Å². The number of fused-ring (bicyclic) bond motifs is 1. The number of benzene rings is 2. The number of carbonyl (C=O) groups excluding carboxylic acids is 1. The molecule has 3 unspecified atom stereocenters. The summed E-state index contributed by atoms with van der Waals surface area (Å²) in [6, 6.07) is 13.3. The first-order valence-corrected chi connectivity index (χ1v) is 10.5. The second-order valence-corrected chi connectivity index (χ2v) is 8.13. The molecule has 0 radical (unpaired) electrons. The smallest absolute Gasteiger partial charge is 0.254 e. The molecule has 2 fully saturated rings. The maximum atomic E-state index is 13.8. The second kappa shape index (κ2) is 8.15. The van der Waals surface area contributed by atoms with Gasteiger partial charge in [0.15, 0.2) is 0 Å². The van der Waals surface area contributed by atoms with Gasteiger partial charge in [-0.3, -0.25) is 4.79 Å². The standard InChI is InChI=1S/C24H28FNO3/c1-2-29-21-12-4-3-10-19(21)22-20-11-5-6-13-24(20,28)14-15-26(22)23(27)17-8-7-9-18(25)16-17/h3-4,7-10,12,16,20,22,28H,2,5-6,11,13-15H2,1H3. The van der Waals surface area contributed by atoms with Gasteiger partial charge in [0.1, 0.15) is 11.6 Å². The van der Waals surface area contributed by atoms with Gasteiger partial charge >= 0.3 is 0 Å². The third kappa shape index (κ3) is 3.76. The van der Waals surface area contributed by atoms with Crippen molar-refractivity contribution in [3.05, 3.63) is 65.5 Å². The summed E-state index contributed by atoms with van der Waals surface area (Å²) < 4.78 is 19.7. The van der Waals surface area contributed by atoms with Crippen molar-refractivity contribution >= 4 is 5.91 Å². The number of para-hydroxylation sites is 1. The molecule has 1 saturated heterocycles. The van der Waals surface area contributed by atoms with E-state index in [1.807, 2.05) is 36.1 Å². The topological polar surface area (TPSA) is 49.8 Å². The van der Waals surface area contributed by atoms with Crippen LogP contribution in [0.4, 0.5) is 4.39 Å². The van der Waals surface area contributed by atoms with Gasteiger partial charge in [-0.2, -0.15) is 0 Å². The van der Waals surface area contributed by atoms with Gasteiger partial charge in [0.05, 0.1) is 18.2 Å². The molecule has 0 spiro atoms. The minimum absolute atomic E-state index is 0.0656. The van der Waals surface area contributed by atoms with E-state index in [1.54, 1.807) is 12.1 Å². The molecule has 4 nitrogen and oxygen atoms in total. The van der Waals surface area contributed by atoms with Crippen LogP contribution >= 0.6 is 0 Å². The van der Waals surface area contributed by atoms with E-state index in [-0.39, 0.29) is 17.9 Å². The Morgan fingerprint density at radius 3 is 2.83 bits per heavy atom. The van der Waals surface area contributed by atoms with Crippen molar-refractivity contribution in [3.8, 4) is 5.75 Å². The van der Waals surface area contributed by atoms with Crippen molar-refractivity contribution in [1.82, 2.24) is 4.90 Å². The Morgan fingerprint density at radius 2 is 2.03 bits per heavy atom. The lowest BCUT2D eigenvalue weighted by Crippen LogP contribution is -2.56. The third-order valence-corrected chi connectivity index (χ3v) is 6.44. The van der Waals surface area contributed by atoms with Crippen molar-refractivity contribution in [2.24, 2.45) is 5.92 Å². The van der Waals surface area contributed by atoms with Gasteiger partial charge in [0, 0.05) is 23.6 Å². The summed E-state index contributed by atoms with van der Waals surface area (Å²) in [7, 11) is 0. The molecule has 5 heteroatoms. The summed E-state index contributed by atoms with van der Waals surface area (Å²) in [6.45, 7) is 2.90. The maximum Gasteiger partial charge on any atom is 0.254 e. The van der Waals surface area contributed by atoms with Crippen molar-refractivity contribution in [3.63, 3.8) is 0 Å². The Labute approximate surface area is 171 Å². The Bertz CT molecular complexity index is 886. The number of halogens is 1. The predicted octanol–water partition coefficient (Wildman–Crippen LogP) is 4.73. The fourth-order valence-corrected chi connectivity index (χ4v) is 5.09. The first kappa shape index (κ1) is 19.9. The van der Waals surface area contributed by atoms with E-state index in [9.17, 15) is 14.3 Å². The average molecular weight is 397 g/mol. The molecule has 1 amide bonds. The van der Waals surface area contributed by atoms with Crippen LogP contribution in [-0.4, -0.2) is 34.7 Å². The van der Waals surface area contributed by atoms with Crippen LogP contribution in [0.5, 0.6) is 5.75 Å². The Kier molecular flexibility index (Phi) is 5.59. The summed E-state index contributed by atoms with van der Waals surface area (Å²) in [6.07, 6.45) is 4.19. The van der Waals surface area contributed by atoms with Crippen LogP contribution in [0.25, 0.3) is 0 Å². The number of carbonyl (C=O) groups is 1. The highest BCUT2D eigenvalue weighted by atomic mass is 19.1. The molecule has 1 aliphatic heterocycles. The van der Waals surface area contributed by atoms with Crippen molar-refractivity contribution < 1.29 is 19.0 Å². The Hall–Kier alpha value is -2.40. The van der Waals surface area contributed by atoms with Crippen LogP contribution in [0, 0.1) is 11.7 Å². The SMILES string of the molecule is CCOc1ccccc1C1C2CCCCC2(O)CCN1C(=O)c1cccc(F)c1. The highest BCUT2D eigenvalue weighted by molar-refractivity contribution is 5.94. The number of hydrogen-bond acceptors (Lipinski definition) is 3. The molecule has 1 aliphatic carbocycles. The van der Waals surface area contributed by atoms with Crippen LogP contribution in [0.2, 0.25) is 0 Å². The highest BCUT2D eigenvalue weighted by Gasteiger charge is 2.50. The molecule has 1 N–H and O–H groups in total. The fourth-order valence-electron chi connectivity index (χ4n) is 5.09. The molecule has 3 atom stereocenters. The second-order valence-electron chi connectivity index (χ2n) is 8.13. The Morgan fingerprint density at radius 1 is 1.21 bits per heavy atom. The minimum atomic E-state index is -0.777. The monoisotopic (exact) mass is 397 g/mol. The molecule has 1 heterocycles. The van der Waals surface area contributed by atoms with Gasteiger partial charge in [0.25, 0.3) is 5.91 Å². The molecular formula is C24H28FNO3. The lowest BCUT2D eigenvalue weighted by atomic mass is 9.66. The van der Waals surface area contributed by atoms with Gasteiger partial charge in [-0.15, -0.1) is 0 Å². The molecule has 2 aromatic rings. The zero-order chi connectivity index (χ0) is 20.4. The molecule has 2 aliphatic rings. The molecule has 4 rings (SSSR count). The predicted molar refractivity (Wildman–Crippen MR) is 109 cm³/mol. The van der Waals surface area contributed by atoms with Gasteiger partial charge in [0.2, 0.25) is 0 Å². The summed E-state index contributed by atoms with van der Waals surface area (Å²) in [5, 5.41) is 11.4. The molecule has 0 aromatic heterocycles. The summed E-state index contributed by atoms with van der Waals surface area (Å²) in [4.78, 5) is 15.2. The maximum absolute atomic E-state index is 13.8. The molecule has 29 heavy (non-hydrogen) atoms. The molecule has 0 bridgehead atoms. The number of likely N-dealkylation sites (tertiary alicyclic amines) is 1. The third-order valence-electron chi connectivity index (χ3n) is 6.44. The summed E-state index contributed by atoms with van der Waals surface area (Å²) >= 11 is 0. The number of nitrogens with zero attached hydrogens (tertiary/aromatic N) is 1. The van der Waals surface area contributed by atoms with Crippen LogP contribution in [-0.2, 0) is 0 Å². The zero-order valence-electron chi connectivity index (χ0n) is 16.8. The van der Waals surface area contributed by atoms with Gasteiger partial charge in [-0.1, -0.05) is 37.1 Å². The number of amides is 1. The van der Waals surface area contributed by atoms with Crippen LogP contribution in [0.3, 0.4) is 0 Å². The van der Waals surface area contributed by atoms with Crippen molar-refractivity contribution in [2.75, 3.05) is 13.2 Å². The van der Waals surface area contributed by atoms with Crippen molar-refractivity contribution in [1.29, 1.82) is 0 Å². The van der Waals surface area contributed by atoms with E-state index >= 15 is 0 Å². The van der Waals surface area contributed by atoms with Crippen LogP contribution < -0.4 is 4.74 Å². The van der Waals surface area contributed by atoms with E-state index in [0.29, 0.717) is 25.1 Å². The zero-order valence-corrected chi connectivity index (χ0v) is 16.8. The van der Waals surface area contributed by atoms with Gasteiger partial charge in [-0.25, -0.2) is 4.39 Å². The van der Waals surface area contributed by atoms with Crippen molar-refractivity contribution in [2.45, 2.75) is 50.7 Å². The Balaban J connectivity index is 1.79. The lowest BCUT2D eigenvalue weighted by molar-refractivity contribution is -0.115. The fraction of sp³-hybridized carbons (Fsp3) is 0.458. The van der Waals surface area contributed by atoms with E-state index in [4.69, 9.17) is 4.74 Å². The summed E-state index contributed by atoms with van der Waals surface area (Å²) in [5.74, 6) is 0.0534. The summed E-state index contributed by atoms with van der Waals surface area (Å²) in [5.41, 5.74) is 0.482. The van der Waals surface area contributed by atoms with Gasteiger partial charge < -0.3 is 14.7 Å². The number of rotatable bonds is 4. The average Bonchev–Trinajstić information content (AvgIpc) is 2.73. The van der Waals surface area contributed by atoms with Crippen LogP contribution in [0.1, 0.15) is 61.0 Å². The minimum Gasteiger partial charge on any atom is -0.494 e. The van der Waals surface area contributed by atoms with Crippen LogP contribution in [0.15, 0.2) is 48.5 Å². The lowest BCUT2D eigenvalue weighted by Gasteiger charge is -2.52. The van der Waals surface area contributed by atoms with E-state index in [2.05, 4.69) is 0 Å². The molecule has 2 aromatic carbocycles. The number of piperidine rings is 1. The number of ether oxygens (including phenoxy) is 1. The van der Waals surface area contributed by atoms with E-state index in [1.165, 1.54) is 12.1 Å². The normalized spacial score (nSPS) is 26.7. The molecule has 154 valence electrons. The number of aliphatic hydroxyl groups is 1. The van der Waals surface area contributed by atoms with E-state index in [0.717, 1.165) is 37.0 Å². The van der Waals surface area contributed by atoms with E-state index < -0.39 is 11.4 Å². The number of hydrogen-bond donors (Lipinski definition) is 1. The quantitative estimate of drug-likeness (QED) is 0.811. The highest BCUT2D eigenvalue weighted by Crippen LogP contribution is 2.51. The molecular weight excluding hydrogens is 369 g/mol. The molecule has 1 saturated carbocycles. The largest absolute Gasteiger partial charge is 0.494 e. The first-order valence-electron chi connectivity index (χ1n) is 10.5. The first-order chi connectivity index (χ1) is 14.0.